The van der Waals surface area contributed by atoms with Gasteiger partial charge in [0.15, 0.2) is 10.9 Å². The predicted octanol–water partition coefficient (Wildman–Crippen LogP) is 6.69. The second-order valence-electron chi connectivity index (χ2n) is 8.67. The Balaban J connectivity index is 1.28. The van der Waals surface area contributed by atoms with Crippen LogP contribution in [0.2, 0.25) is 10.0 Å². The second-order valence-corrected chi connectivity index (χ2v) is 10.9. The Bertz CT molecular complexity index is 1500. The highest BCUT2D eigenvalue weighted by atomic mass is 35.5. The molecule has 2 aromatic carbocycles. The third-order valence-corrected chi connectivity index (χ3v) is 7.80. The summed E-state index contributed by atoms with van der Waals surface area (Å²) < 4.78 is 6.84. The van der Waals surface area contributed by atoms with Gasteiger partial charge in [-0.1, -0.05) is 53.5 Å². The van der Waals surface area contributed by atoms with Crippen molar-refractivity contribution in [1.29, 1.82) is 0 Å². The van der Waals surface area contributed by atoms with Crippen LogP contribution in [-0.2, 0) is 11.2 Å². The first-order valence-electron chi connectivity index (χ1n) is 11.9. The predicted molar refractivity (Wildman–Crippen MR) is 156 cm³/mol. The van der Waals surface area contributed by atoms with Crippen LogP contribution in [0.1, 0.15) is 28.1 Å². The molecule has 3 heterocycles. The molecule has 0 atom stereocenters. The van der Waals surface area contributed by atoms with Crippen molar-refractivity contribution in [2.75, 3.05) is 18.4 Å². The molecule has 2 N–H and O–H groups in total. The van der Waals surface area contributed by atoms with Crippen molar-refractivity contribution < 1.29 is 14.3 Å². The van der Waals surface area contributed by atoms with Crippen molar-refractivity contribution in [2.45, 2.75) is 19.3 Å². The molecule has 1 aliphatic heterocycles. The molecule has 4 aromatic rings. The maximum Gasteiger partial charge on any atom is 0.264 e. The van der Waals surface area contributed by atoms with Crippen LogP contribution >= 0.6 is 46.8 Å². The zero-order chi connectivity index (χ0) is 26.6. The van der Waals surface area contributed by atoms with E-state index in [-0.39, 0.29) is 39.1 Å². The molecule has 5 rings (SSSR count). The summed E-state index contributed by atoms with van der Waals surface area (Å²) in [5, 5.41) is 6.19. The second kappa shape index (κ2) is 11.7. The molecule has 11 heteroatoms. The highest BCUT2D eigenvalue weighted by Gasteiger charge is 2.23. The van der Waals surface area contributed by atoms with Gasteiger partial charge < -0.3 is 20.3 Å². The van der Waals surface area contributed by atoms with Crippen LogP contribution < -0.4 is 15.4 Å². The lowest BCUT2D eigenvalue weighted by molar-refractivity contribution is -0.119. The number of anilines is 1. The Morgan fingerprint density at radius 2 is 1.76 bits per heavy atom. The number of aromatic nitrogens is 1. The summed E-state index contributed by atoms with van der Waals surface area (Å²) in [6.07, 6.45) is 3.86. The minimum atomic E-state index is -0.244. The number of fused-ring (bicyclic) bond motifs is 1. The lowest BCUT2D eigenvalue weighted by Gasteiger charge is -2.14. The smallest absolute Gasteiger partial charge is 0.264 e. The lowest BCUT2D eigenvalue weighted by atomic mass is 10.1. The van der Waals surface area contributed by atoms with Crippen LogP contribution in [0.3, 0.4) is 0 Å². The van der Waals surface area contributed by atoms with Crippen LogP contribution in [0.4, 0.5) is 5.69 Å². The molecule has 1 saturated heterocycles. The minimum absolute atomic E-state index is 0.00905. The molecule has 7 nitrogen and oxygen atoms in total. The summed E-state index contributed by atoms with van der Waals surface area (Å²) in [6, 6.07) is 16.1. The number of nitrogens with zero attached hydrogens (tertiary/aromatic N) is 2. The van der Waals surface area contributed by atoms with Crippen LogP contribution in [0, 0.1) is 0 Å². The van der Waals surface area contributed by atoms with E-state index in [1.807, 2.05) is 35.2 Å². The van der Waals surface area contributed by atoms with E-state index in [0.717, 1.165) is 36.2 Å². The van der Waals surface area contributed by atoms with Crippen molar-refractivity contribution in [3.8, 4) is 11.5 Å². The lowest BCUT2D eigenvalue weighted by Crippen LogP contribution is -2.35. The summed E-state index contributed by atoms with van der Waals surface area (Å²) in [7, 11) is 0. The molecular weight excluding hydrogens is 563 g/mol. The molecule has 0 radical (unpaired) electrons. The summed E-state index contributed by atoms with van der Waals surface area (Å²) in [4.78, 5) is 32.0. The average Bonchev–Trinajstić information content (AvgIpc) is 3.57. The molecule has 0 saturated carbocycles. The largest absolute Gasteiger partial charge is 0.453 e. The third-order valence-electron chi connectivity index (χ3n) is 5.91. The van der Waals surface area contributed by atoms with Crippen molar-refractivity contribution in [1.82, 2.24) is 15.2 Å². The fourth-order valence-electron chi connectivity index (χ4n) is 4.13. The van der Waals surface area contributed by atoms with Crippen molar-refractivity contribution in [3.63, 3.8) is 0 Å². The maximum atomic E-state index is 12.9. The van der Waals surface area contributed by atoms with E-state index in [0.29, 0.717) is 21.8 Å². The van der Waals surface area contributed by atoms with Gasteiger partial charge in [0, 0.05) is 31.0 Å². The molecule has 1 fully saturated rings. The van der Waals surface area contributed by atoms with Gasteiger partial charge in [0.2, 0.25) is 5.91 Å². The summed E-state index contributed by atoms with van der Waals surface area (Å²) in [5.74, 6) is 0.515. The molecule has 2 aromatic heterocycles. The number of thiophene rings is 1. The van der Waals surface area contributed by atoms with Gasteiger partial charge in [0.1, 0.15) is 5.75 Å². The Kier molecular flexibility index (Phi) is 8.09. The molecule has 1 aliphatic rings. The van der Waals surface area contributed by atoms with Crippen LogP contribution in [0.5, 0.6) is 11.5 Å². The van der Waals surface area contributed by atoms with Gasteiger partial charge in [0.25, 0.3) is 5.91 Å². The molecular formula is C27H22Cl2N4O3S2. The summed E-state index contributed by atoms with van der Waals surface area (Å²) in [5.41, 5.74) is 2.04. The number of likely N-dealkylation sites (tertiary alicyclic amines) is 1. The monoisotopic (exact) mass is 584 g/mol. The first-order valence-corrected chi connectivity index (χ1v) is 13.8. The minimum Gasteiger partial charge on any atom is -0.453 e. The van der Waals surface area contributed by atoms with Crippen LogP contribution in [0.15, 0.2) is 60.8 Å². The Morgan fingerprint density at radius 3 is 2.47 bits per heavy atom. The third kappa shape index (κ3) is 6.07. The molecule has 194 valence electrons. The van der Waals surface area contributed by atoms with E-state index in [2.05, 4.69) is 15.6 Å². The van der Waals surface area contributed by atoms with Gasteiger partial charge in [0.05, 0.1) is 31.6 Å². The van der Waals surface area contributed by atoms with Gasteiger partial charge in [-0.15, -0.1) is 11.3 Å². The topological polar surface area (TPSA) is 83.6 Å². The van der Waals surface area contributed by atoms with E-state index in [1.54, 1.807) is 30.5 Å². The van der Waals surface area contributed by atoms with E-state index < -0.39 is 0 Å². The molecule has 0 bridgehead atoms. The molecule has 0 aliphatic carbocycles. The summed E-state index contributed by atoms with van der Waals surface area (Å²) in [6.45, 7) is 1.55. The maximum absolute atomic E-state index is 12.9. The van der Waals surface area contributed by atoms with E-state index in [1.165, 1.54) is 11.3 Å². The fourth-order valence-corrected chi connectivity index (χ4v) is 5.96. The Labute approximate surface area is 238 Å². The van der Waals surface area contributed by atoms with Gasteiger partial charge >= 0.3 is 0 Å². The number of hydrogen-bond acceptors (Lipinski definition) is 6. The van der Waals surface area contributed by atoms with Crippen molar-refractivity contribution >= 4 is 79.6 Å². The number of halogens is 2. The van der Waals surface area contributed by atoms with Gasteiger partial charge in [-0.3, -0.25) is 14.6 Å². The number of pyridine rings is 1. The van der Waals surface area contributed by atoms with E-state index >= 15 is 0 Å². The first kappa shape index (κ1) is 26.4. The highest BCUT2D eigenvalue weighted by Crippen LogP contribution is 2.42. The zero-order valence-electron chi connectivity index (χ0n) is 20.0. The number of benzene rings is 2. The number of ether oxygens (including phenoxy) is 1. The number of nitrogens with one attached hydrogen (secondary N) is 2. The normalized spacial score (nSPS) is 12.9. The van der Waals surface area contributed by atoms with Gasteiger partial charge in [-0.2, -0.15) is 0 Å². The number of hydrogen-bond donors (Lipinski definition) is 2. The van der Waals surface area contributed by atoms with Crippen LogP contribution in [0.25, 0.3) is 10.2 Å². The van der Waals surface area contributed by atoms with E-state index in [9.17, 15) is 9.59 Å². The van der Waals surface area contributed by atoms with E-state index in [4.69, 9.17) is 40.2 Å². The number of rotatable bonds is 6. The molecule has 0 unspecified atom stereocenters. The number of amides is 2. The Morgan fingerprint density at radius 1 is 1.05 bits per heavy atom. The van der Waals surface area contributed by atoms with Gasteiger partial charge in [-0.25, -0.2) is 0 Å². The zero-order valence-corrected chi connectivity index (χ0v) is 23.1. The average molecular weight is 586 g/mol. The SMILES string of the molecule is O=C(Cc1ccccc1)NC(=S)Nc1cc(Cl)c(Oc2ccnc3cc(C(=O)N4CCCC4)sc23)c(Cl)c1. The Hall–Kier alpha value is -3.24. The van der Waals surface area contributed by atoms with Gasteiger partial charge in [-0.05, 0) is 48.8 Å². The molecule has 38 heavy (non-hydrogen) atoms. The quantitative estimate of drug-likeness (QED) is 0.246. The molecule has 2 amide bonds. The number of carbonyl (C=O) groups excluding carboxylic acids is 2. The standard InChI is InChI=1S/C27H22Cl2N4O3S2/c28-18-13-17(31-27(37)32-23(34)12-16-6-2-1-3-7-16)14-19(29)24(18)36-21-8-9-30-20-15-22(38-25(20)21)26(35)33-10-4-5-11-33/h1-3,6-9,13-15H,4-5,10-12H2,(H2,31,32,34,37). The number of thiocarbonyl (C=S) groups is 1. The van der Waals surface area contributed by atoms with Crippen molar-refractivity contribution in [2.24, 2.45) is 0 Å². The van der Waals surface area contributed by atoms with Crippen LogP contribution in [-0.4, -0.2) is 39.9 Å². The molecule has 0 spiro atoms. The number of carbonyl (C=O) groups is 2. The fraction of sp³-hybridized carbons (Fsp3) is 0.185. The highest BCUT2D eigenvalue weighted by molar-refractivity contribution is 7.80. The first-order chi connectivity index (χ1) is 18.4. The summed E-state index contributed by atoms with van der Waals surface area (Å²) >= 11 is 19.6. The van der Waals surface area contributed by atoms with Crippen molar-refractivity contribution in [3.05, 3.63) is 81.3 Å².